The molecular weight excluding hydrogens is 200 g/mol. The SMILES string of the molecule is C/C=C/C#CC#C/C=C/C=C/[C@H](O)CCO. The monoisotopic (exact) mass is 216 g/mol. The summed E-state index contributed by atoms with van der Waals surface area (Å²) in [7, 11) is 0. The van der Waals surface area contributed by atoms with Gasteiger partial charge in [-0.15, -0.1) is 0 Å². The van der Waals surface area contributed by atoms with Crippen LogP contribution in [-0.4, -0.2) is 22.9 Å². The van der Waals surface area contributed by atoms with Crippen molar-refractivity contribution >= 4 is 0 Å². The minimum atomic E-state index is -0.600. The lowest BCUT2D eigenvalue weighted by Gasteiger charge is -1.98. The summed E-state index contributed by atoms with van der Waals surface area (Å²) in [5, 5.41) is 17.7. The van der Waals surface area contributed by atoms with Crippen molar-refractivity contribution in [1.82, 2.24) is 0 Å². The van der Waals surface area contributed by atoms with E-state index in [1.807, 2.05) is 13.0 Å². The molecule has 0 aromatic carbocycles. The van der Waals surface area contributed by atoms with Crippen LogP contribution in [0.2, 0.25) is 0 Å². The van der Waals surface area contributed by atoms with Gasteiger partial charge >= 0.3 is 0 Å². The van der Waals surface area contributed by atoms with Gasteiger partial charge in [0.05, 0.1) is 6.10 Å². The fourth-order valence-corrected chi connectivity index (χ4v) is 0.763. The zero-order chi connectivity index (χ0) is 12.1. The van der Waals surface area contributed by atoms with E-state index in [-0.39, 0.29) is 6.61 Å². The smallest absolute Gasteiger partial charge is 0.0745 e. The van der Waals surface area contributed by atoms with Gasteiger partial charge in [0.25, 0.3) is 0 Å². The molecular formula is C14H16O2. The van der Waals surface area contributed by atoms with Crippen molar-refractivity contribution in [1.29, 1.82) is 0 Å². The molecule has 0 saturated heterocycles. The highest BCUT2D eigenvalue weighted by molar-refractivity contribution is 5.34. The fourth-order valence-electron chi connectivity index (χ4n) is 0.763. The lowest BCUT2D eigenvalue weighted by Crippen LogP contribution is -2.03. The Morgan fingerprint density at radius 2 is 1.81 bits per heavy atom. The van der Waals surface area contributed by atoms with Gasteiger partial charge in [-0.05, 0) is 37.3 Å². The number of aliphatic hydroxyl groups is 2. The van der Waals surface area contributed by atoms with Gasteiger partial charge in [0.2, 0.25) is 0 Å². The molecule has 2 heteroatoms. The molecule has 0 heterocycles. The molecule has 0 aromatic rings. The van der Waals surface area contributed by atoms with Gasteiger partial charge in [0, 0.05) is 6.61 Å². The molecule has 0 fully saturated rings. The normalized spacial score (nSPS) is 12.4. The number of hydrogen-bond acceptors (Lipinski definition) is 2. The summed E-state index contributed by atoms with van der Waals surface area (Å²) in [6.07, 6.45) is 9.97. The fraction of sp³-hybridized carbons (Fsp3) is 0.286. The Hall–Kier alpha value is -1.74. The van der Waals surface area contributed by atoms with Crippen LogP contribution in [0.15, 0.2) is 36.5 Å². The first kappa shape index (κ1) is 14.3. The maximum Gasteiger partial charge on any atom is 0.0745 e. The molecule has 0 spiro atoms. The van der Waals surface area contributed by atoms with E-state index in [9.17, 15) is 5.11 Å². The molecule has 0 unspecified atom stereocenters. The Kier molecular flexibility index (Phi) is 10.1. The third-order valence-electron chi connectivity index (χ3n) is 1.51. The van der Waals surface area contributed by atoms with E-state index in [0.717, 1.165) is 0 Å². The molecule has 0 aliphatic carbocycles. The van der Waals surface area contributed by atoms with Crippen LogP contribution in [0.3, 0.4) is 0 Å². The molecule has 0 saturated carbocycles. The van der Waals surface area contributed by atoms with Crippen molar-refractivity contribution < 1.29 is 10.2 Å². The molecule has 2 nitrogen and oxygen atoms in total. The van der Waals surface area contributed by atoms with Crippen molar-refractivity contribution in [2.75, 3.05) is 6.61 Å². The lowest BCUT2D eigenvalue weighted by molar-refractivity contribution is 0.170. The summed E-state index contributed by atoms with van der Waals surface area (Å²) in [6.45, 7) is 1.88. The molecule has 0 aromatic heterocycles. The van der Waals surface area contributed by atoms with Crippen molar-refractivity contribution in [2.24, 2.45) is 0 Å². The van der Waals surface area contributed by atoms with Crippen LogP contribution in [0.1, 0.15) is 13.3 Å². The Morgan fingerprint density at radius 1 is 1.12 bits per heavy atom. The zero-order valence-corrected chi connectivity index (χ0v) is 9.35. The van der Waals surface area contributed by atoms with E-state index in [1.54, 1.807) is 30.4 Å². The zero-order valence-electron chi connectivity index (χ0n) is 9.35. The molecule has 0 rings (SSSR count). The Bertz CT molecular complexity index is 367. The van der Waals surface area contributed by atoms with Crippen LogP contribution in [0.4, 0.5) is 0 Å². The minimum absolute atomic E-state index is 0.0183. The van der Waals surface area contributed by atoms with E-state index in [4.69, 9.17) is 5.11 Å². The maximum absolute atomic E-state index is 9.20. The Labute approximate surface area is 97.0 Å². The van der Waals surface area contributed by atoms with Crippen LogP contribution < -0.4 is 0 Å². The van der Waals surface area contributed by atoms with Crippen LogP contribution >= 0.6 is 0 Å². The highest BCUT2D eigenvalue weighted by Gasteiger charge is 1.93. The van der Waals surface area contributed by atoms with E-state index in [2.05, 4.69) is 23.7 Å². The molecule has 16 heavy (non-hydrogen) atoms. The van der Waals surface area contributed by atoms with Crippen molar-refractivity contribution in [3.05, 3.63) is 36.5 Å². The van der Waals surface area contributed by atoms with Crippen LogP contribution in [0.25, 0.3) is 0 Å². The number of aliphatic hydroxyl groups excluding tert-OH is 2. The van der Waals surface area contributed by atoms with Gasteiger partial charge in [-0.1, -0.05) is 36.1 Å². The molecule has 1 atom stereocenters. The maximum atomic E-state index is 9.20. The Balaban J connectivity index is 3.90. The van der Waals surface area contributed by atoms with Gasteiger partial charge in [0.1, 0.15) is 0 Å². The largest absolute Gasteiger partial charge is 0.396 e. The van der Waals surface area contributed by atoms with Gasteiger partial charge < -0.3 is 10.2 Å². The molecule has 0 aliphatic heterocycles. The summed E-state index contributed by atoms with van der Waals surface area (Å²) in [5.41, 5.74) is 0. The predicted molar refractivity (Wildman–Crippen MR) is 66.4 cm³/mol. The number of hydrogen-bond donors (Lipinski definition) is 2. The third kappa shape index (κ3) is 10.3. The minimum Gasteiger partial charge on any atom is -0.396 e. The van der Waals surface area contributed by atoms with Crippen LogP contribution in [-0.2, 0) is 0 Å². The van der Waals surface area contributed by atoms with Crippen molar-refractivity contribution in [3.63, 3.8) is 0 Å². The van der Waals surface area contributed by atoms with Gasteiger partial charge in [0.15, 0.2) is 0 Å². The van der Waals surface area contributed by atoms with Crippen molar-refractivity contribution in [2.45, 2.75) is 19.4 Å². The van der Waals surface area contributed by atoms with E-state index in [1.165, 1.54) is 0 Å². The second kappa shape index (κ2) is 11.3. The first-order valence-corrected chi connectivity index (χ1v) is 5.05. The van der Waals surface area contributed by atoms with Crippen LogP contribution in [0, 0.1) is 23.7 Å². The topological polar surface area (TPSA) is 40.5 Å². The molecule has 2 N–H and O–H groups in total. The highest BCUT2D eigenvalue weighted by atomic mass is 16.3. The molecule has 0 bridgehead atoms. The Morgan fingerprint density at radius 3 is 2.44 bits per heavy atom. The highest BCUT2D eigenvalue weighted by Crippen LogP contribution is 1.91. The van der Waals surface area contributed by atoms with Gasteiger partial charge in [-0.2, -0.15) is 0 Å². The third-order valence-corrected chi connectivity index (χ3v) is 1.51. The average Bonchev–Trinajstić information content (AvgIpc) is 2.27. The molecule has 0 radical (unpaired) electrons. The number of allylic oxidation sites excluding steroid dienone is 5. The second-order valence-electron chi connectivity index (χ2n) is 2.86. The van der Waals surface area contributed by atoms with E-state index >= 15 is 0 Å². The standard InChI is InChI=1S/C14H16O2/c1-2-3-4-5-6-7-8-9-10-11-14(16)12-13-15/h2-3,8-11,14-16H,12-13H2,1H3/b3-2+,9-8+,11-10+/t14-/m0/s1. The summed E-state index contributed by atoms with van der Waals surface area (Å²) in [4.78, 5) is 0. The average molecular weight is 216 g/mol. The summed E-state index contributed by atoms with van der Waals surface area (Å²) in [6, 6.07) is 0. The lowest BCUT2D eigenvalue weighted by atomic mass is 10.2. The molecule has 0 amide bonds. The summed E-state index contributed by atoms with van der Waals surface area (Å²) < 4.78 is 0. The van der Waals surface area contributed by atoms with Gasteiger partial charge in [-0.3, -0.25) is 0 Å². The first-order chi connectivity index (χ1) is 7.81. The molecule has 0 aliphatic rings. The quantitative estimate of drug-likeness (QED) is 0.551. The summed E-state index contributed by atoms with van der Waals surface area (Å²) >= 11 is 0. The van der Waals surface area contributed by atoms with E-state index < -0.39 is 6.10 Å². The van der Waals surface area contributed by atoms with Crippen LogP contribution in [0.5, 0.6) is 0 Å². The first-order valence-electron chi connectivity index (χ1n) is 5.05. The number of rotatable bonds is 4. The van der Waals surface area contributed by atoms with E-state index in [0.29, 0.717) is 6.42 Å². The summed E-state index contributed by atoms with van der Waals surface area (Å²) in [5.74, 6) is 10.8. The second-order valence-corrected chi connectivity index (χ2v) is 2.86. The van der Waals surface area contributed by atoms with Crippen molar-refractivity contribution in [3.8, 4) is 23.7 Å². The van der Waals surface area contributed by atoms with Gasteiger partial charge in [-0.25, -0.2) is 0 Å². The molecule has 84 valence electrons. The predicted octanol–water partition coefficient (Wildman–Crippen LogP) is 1.42.